The van der Waals surface area contributed by atoms with E-state index in [1.807, 2.05) is 12.1 Å². The van der Waals surface area contributed by atoms with Crippen molar-refractivity contribution in [2.45, 2.75) is 6.54 Å². The fourth-order valence-corrected chi connectivity index (χ4v) is 3.61. The lowest BCUT2D eigenvalue weighted by molar-refractivity contribution is -0.666. The van der Waals surface area contributed by atoms with Crippen LogP contribution < -0.4 is 9.30 Å². The molecule has 0 unspecified atom stereocenters. The molecule has 0 spiro atoms. The summed E-state index contributed by atoms with van der Waals surface area (Å²) in [7, 11) is 0. The van der Waals surface area contributed by atoms with Crippen molar-refractivity contribution in [1.29, 1.82) is 0 Å². The number of aromatic nitrogens is 1. The van der Waals surface area contributed by atoms with E-state index in [4.69, 9.17) is 4.74 Å². The zero-order chi connectivity index (χ0) is 18.8. The van der Waals surface area contributed by atoms with Gasteiger partial charge in [0.1, 0.15) is 5.75 Å². The molecule has 134 valence electrons. The van der Waals surface area contributed by atoms with Gasteiger partial charge >= 0.3 is 5.88 Å². The predicted molar refractivity (Wildman–Crippen MR) is 114 cm³/mol. The highest BCUT2D eigenvalue weighted by atomic mass is 16.5. The van der Waals surface area contributed by atoms with E-state index in [1.54, 1.807) is 0 Å². The van der Waals surface area contributed by atoms with Crippen LogP contribution in [0.25, 0.3) is 21.7 Å². The Bertz CT molecular complexity index is 1260. The van der Waals surface area contributed by atoms with Crippen LogP contribution in [-0.4, -0.2) is 0 Å². The minimum atomic E-state index is 0.755. The highest BCUT2D eigenvalue weighted by Gasteiger charge is 2.18. The first-order valence-corrected chi connectivity index (χ1v) is 9.49. The van der Waals surface area contributed by atoms with Crippen LogP contribution in [0.5, 0.6) is 11.6 Å². The summed E-state index contributed by atoms with van der Waals surface area (Å²) in [5.41, 5.74) is 2.40. The average molecular weight is 362 g/mol. The van der Waals surface area contributed by atoms with Crippen LogP contribution in [0, 0.1) is 0 Å². The van der Waals surface area contributed by atoms with Gasteiger partial charge in [0.25, 0.3) is 0 Å². The van der Waals surface area contributed by atoms with E-state index in [0.717, 1.165) is 23.7 Å². The van der Waals surface area contributed by atoms with Gasteiger partial charge < -0.3 is 4.74 Å². The van der Waals surface area contributed by atoms with E-state index in [9.17, 15) is 0 Å². The quantitative estimate of drug-likeness (QED) is 0.351. The van der Waals surface area contributed by atoms with Crippen LogP contribution in [0.2, 0.25) is 0 Å². The standard InChI is InChI=1S/C26H20NO/c1-2-8-20(9-3-1)19-27-25-13-7-6-11-22(25)15-17-26(27)28-24-16-14-21-10-4-5-12-23(21)18-24/h1-18H,19H2/q+1. The molecule has 2 nitrogen and oxygen atoms in total. The van der Waals surface area contributed by atoms with Crippen LogP contribution in [0.3, 0.4) is 0 Å². The molecule has 0 aliphatic heterocycles. The number of para-hydroxylation sites is 1. The minimum absolute atomic E-state index is 0.755. The van der Waals surface area contributed by atoms with Gasteiger partial charge in [0.15, 0.2) is 6.54 Å². The molecule has 5 rings (SSSR count). The SMILES string of the molecule is c1ccc(C[n+]2c(Oc3ccc4ccccc4c3)ccc3ccccc32)cc1. The third-order valence-electron chi connectivity index (χ3n) is 5.03. The Morgan fingerprint density at radius 1 is 0.571 bits per heavy atom. The molecule has 1 aromatic heterocycles. The molecule has 0 saturated carbocycles. The second-order valence-corrected chi connectivity index (χ2v) is 6.91. The maximum absolute atomic E-state index is 6.36. The van der Waals surface area contributed by atoms with Gasteiger partial charge in [0, 0.05) is 17.0 Å². The van der Waals surface area contributed by atoms with Crippen molar-refractivity contribution >= 4 is 21.7 Å². The van der Waals surface area contributed by atoms with Crippen LogP contribution in [0.4, 0.5) is 0 Å². The first-order valence-electron chi connectivity index (χ1n) is 9.49. The zero-order valence-corrected chi connectivity index (χ0v) is 15.5. The van der Waals surface area contributed by atoms with Crippen molar-refractivity contribution in [2.24, 2.45) is 0 Å². The Kier molecular flexibility index (Phi) is 4.23. The second kappa shape index (κ2) is 7.16. The van der Waals surface area contributed by atoms with Crippen molar-refractivity contribution in [2.75, 3.05) is 0 Å². The van der Waals surface area contributed by atoms with Crippen molar-refractivity contribution in [3.63, 3.8) is 0 Å². The summed E-state index contributed by atoms with van der Waals surface area (Å²) in [6.07, 6.45) is 0. The molecule has 0 amide bonds. The number of hydrogen-bond acceptors (Lipinski definition) is 1. The van der Waals surface area contributed by atoms with E-state index >= 15 is 0 Å². The Morgan fingerprint density at radius 2 is 1.25 bits per heavy atom. The largest absolute Gasteiger partial charge is 0.405 e. The molecule has 0 radical (unpaired) electrons. The summed E-state index contributed by atoms with van der Waals surface area (Å²) in [5, 5.41) is 3.59. The van der Waals surface area contributed by atoms with Gasteiger partial charge in [-0.1, -0.05) is 72.8 Å². The lowest BCUT2D eigenvalue weighted by Crippen LogP contribution is -2.36. The number of nitrogens with zero attached hydrogens (tertiary/aromatic N) is 1. The molecule has 0 saturated heterocycles. The van der Waals surface area contributed by atoms with Crippen molar-refractivity contribution in [1.82, 2.24) is 0 Å². The lowest BCUT2D eigenvalue weighted by atomic mass is 10.1. The van der Waals surface area contributed by atoms with Gasteiger partial charge in [-0.15, -0.1) is 0 Å². The number of benzene rings is 4. The Hall–Kier alpha value is -3.65. The summed E-state index contributed by atoms with van der Waals surface area (Å²) in [5.74, 6) is 1.67. The number of fused-ring (bicyclic) bond motifs is 2. The highest BCUT2D eigenvalue weighted by Crippen LogP contribution is 2.25. The zero-order valence-electron chi connectivity index (χ0n) is 15.5. The van der Waals surface area contributed by atoms with E-state index in [0.29, 0.717) is 0 Å². The first kappa shape index (κ1) is 16.5. The molecule has 28 heavy (non-hydrogen) atoms. The number of hydrogen-bond donors (Lipinski definition) is 0. The maximum atomic E-state index is 6.36. The lowest BCUT2D eigenvalue weighted by Gasteiger charge is -2.09. The van der Waals surface area contributed by atoms with Gasteiger partial charge in [-0.25, -0.2) is 0 Å². The summed E-state index contributed by atoms with van der Waals surface area (Å²) >= 11 is 0. The molecule has 0 bridgehead atoms. The van der Waals surface area contributed by atoms with Gasteiger partial charge in [0.05, 0.1) is 6.07 Å². The molecular formula is C26H20NO+. The molecule has 0 atom stereocenters. The van der Waals surface area contributed by atoms with Gasteiger partial charge in [-0.05, 0) is 35.0 Å². The van der Waals surface area contributed by atoms with Gasteiger partial charge in [-0.3, -0.25) is 0 Å². The normalized spacial score (nSPS) is 11.0. The molecule has 0 aliphatic rings. The molecule has 0 fully saturated rings. The minimum Gasteiger partial charge on any atom is -0.405 e. The molecule has 5 aromatic rings. The fourth-order valence-electron chi connectivity index (χ4n) is 3.61. The third-order valence-corrected chi connectivity index (χ3v) is 5.03. The highest BCUT2D eigenvalue weighted by molar-refractivity contribution is 5.83. The van der Waals surface area contributed by atoms with Crippen LogP contribution in [-0.2, 0) is 6.54 Å². The number of rotatable bonds is 4. The van der Waals surface area contributed by atoms with Crippen LogP contribution >= 0.6 is 0 Å². The third kappa shape index (κ3) is 3.21. The maximum Gasteiger partial charge on any atom is 0.374 e. The smallest absolute Gasteiger partial charge is 0.374 e. The van der Waals surface area contributed by atoms with Crippen molar-refractivity contribution < 1.29 is 9.30 Å². The molecule has 1 heterocycles. The summed E-state index contributed by atoms with van der Waals surface area (Å²) in [6, 6.07) is 37.7. The van der Waals surface area contributed by atoms with Crippen LogP contribution in [0.1, 0.15) is 5.56 Å². The molecule has 2 heteroatoms. The summed E-state index contributed by atoms with van der Waals surface area (Å²) < 4.78 is 8.60. The van der Waals surface area contributed by atoms with Crippen molar-refractivity contribution in [3.8, 4) is 11.6 Å². The topological polar surface area (TPSA) is 13.1 Å². The number of pyridine rings is 1. The summed E-state index contributed by atoms with van der Waals surface area (Å²) in [4.78, 5) is 0. The van der Waals surface area contributed by atoms with E-state index < -0.39 is 0 Å². The first-order chi connectivity index (χ1) is 13.9. The molecular weight excluding hydrogens is 342 g/mol. The van der Waals surface area contributed by atoms with Gasteiger partial charge in [0.2, 0.25) is 5.52 Å². The van der Waals surface area contributed by atoms with E-state index in [2.05, 4.69) is 102 Å². The van der Waals surface area contributed by atoms with Gasteiger partial charge in [-0.2, -0.15) is 4.57 Å². The monoisotopic (exact) mass is 362 g/mol. The summed E-state index contributed by atoms with van der Waals surface area (Å²) in [6.45, 7) is 0.755. The predicted octanol–water partition coefficient (Wildman–Crippen LogP) is 6.12. The molecule has 4 aromatic carbocycles. The Balaban J connectivity index is 1.60. The van der Waals surface area contributed by atoms with Crippen LogP contribution in [0.15, 0.2) is 109 Å². The second-order valence-electron chi connectivity index (χ2n) is 6.91. The molecule has 0 aliphatic carbocycles. The Morgan fingerprint density at radius 3 is 2.11 bits per heavy atom. The average Bonchev–Trinajstić information content (AvgIpc) is 2.76. The van der Waals surface area contributed by atoms with E-state index in [-0.39, 0.29) is 0 Å². The van der Waals surface area contributed by atoms with E-state index in [1.165, 1.54) is 21.7 Å². The van der Waals surface area contributed by atoms with Crippen molar-refractivity contribution in [3.05, 3.63) is 115 Å². The Labute approximate surface area is 164 Å². The number of ether oxygens (including phenoxy) is 1. The molecule has 0 N–H and O–H groups in total. The fraction of sp³-hybridized carbons (Fsp3) is 0.0385.